The number of amides is 1. The van der Waals surface area contributed by atoms with E-state index < -0.39 is 0 Å². The lowest BCUT2D eigenvalue weighted by Gasteiger charge is -2.09. The number of ether oxygens (including phenoxy) is 1. The van der Waals surface area contributed by atoms with E-state index in [1.165, 1.54) is 11.6 Å². The van der Waals surface area contributed by atoms with Gasteiger partial charge in [-0.2, -0.15) is 0 Å². The summed E-state index contributed by atoms with van der Waals surface area (Å²) in [6.45, 7) is 0. The highest BCUT2D eigenvalue weighted by Gasteiger charge is 2.21. The predicted molar refractivity (Wildman–Crippen MR) is 73.5 cm³/mol. The van der Waals surface area contributed by atoms with Gasteiger partial charge in [0.2, 0.25) is 5.28 Å². The van der Waals surface area contributed by atoms with Crippen molar-refractivity contribution < 1.29 is 9.53 Å². The van der Waals surface area contributed by atoms with Crippen LogP contribution < -0.4 is 10.1 Å². The molecule has 2 aromatic rings. The van der Waals surface area contributed by atoms with Crippen LogP contribution in [0.3, 0.4) is 0 Å². The Balaban J connectivity index is 2.57. The smallest absolute Gasteiger partial charge is 0.271 e. The van der Waals surface area contributed by atoms with Gasteiger partial charge in [0, 0.05) is 12.7 Å². The predicted octanol–water partition coefficient (Wildman–Crippen LogP) is 2.55. The first-order chi connectivity index (χ1) is 9.08. The SMILES string of the molecule is CNC(=O)c1c(Cl)nc(Cl)n1-c1ccc(OC)cc1. The Labute approximate surface area is 120 Å². The molecule has 0 saturated carbocycles. The van der Waals surface area contributed by atoms with Crippen molar-refractivity contribution in [2.24, 2.45) is 0 Å². The van der Waals surface area contributed by atoms with Crippen molar-refractivity contribution >= 4 is 29.1 Å². The van der Waals surface area contributed by atoms with Crippen LogP contribution in [0.25, 0.3) is 5.69 Å². The van der Waals surface area contributed by atoms with Gasteiger partial charge in [0.25, 0.3) is 5.91 Å². The van der Waals surface area contributed by atoms with Crippen molar-refractivity contribution in [1.29, 1.82) is 0 Å². The standard InChI is InChI=1S/C12H11Cl2N3O2/c1-15-11(18)9-10(13)16-12(14)17(9)7-3-5-8(19-2)6-4-7/h3-6H,1-2H3,(H,15,18). The number of rotatable bonds is 3. The van der Waals surface area contributed by atoms with Gasteiger partial charge in [0.1, 0.15) is 5.75 Å². The maximum absolute atomic E-state index is 11.8. The number of hydrogen-bond acceptors (Lipinski definition) is 3. The second-order valence-corrected chi connectivity index (χ2v) is 4.33. The number of hydrogen-bond donors (Lipinski definition) is 1. The van der Waals surface area contributed by atoms with Crippen molar-refractivity contribution in [1.82, 2.24) is 14.9 Å². The number of aromatic nitrogens is 2. The lowest BCUT2D eigenvalue weighted by Crippen LogP contribution is -2.21. The monoisotopic (exact) mass is 299 g/mol. The van der Waals surface area contributed by atoms with Gasteiger partial charge in [-0.3, -0.25) is 9.36 Å². The Morgan fingerprint density at radius 2 is 1.95 bits per heavy atom. The minimum Gasteiger partial charge on any atom is -0.497 e. The number of carbonyl (C=O) groups is 1. The van der Waals surface area contributed by atoms with Gasteiger partial charge < -0.3 is 10.1 Å². The Morgan fingerprint density at radius 1 is 1.32 bits per heavy atom. The summed E-state index contributed by atoms with van der Waals surface area (Å²) in [6, 6.07) is 7.03. The molecule has 1 aromatic heterocycles. The Hall–Kier alpha value is -1.72. The molecule has 2 rings (SSSR count). The average Bonchev–Trinajstić information content (AvgIpc) is 2.72. The summed E-state index contributed by atoms with van der Waals surface area (Å²) >= 11 is 11.9. The highest BCUT2D eigenvalue weighted by Crippen LogP contribution is 2.26. The molecule has 0 spiro atoms. The third-order valence-electron chi connectivity index (χ3n) is 2.57. The maximum Gasteiger partial charge on any atom is 0.271 e. The number of nitrogens with zero attached hydrogens (tertiary/aromatic N) is 2. The molecular formula is C12H11Cl2N3O2. The lowest BCUT2D eigenvalue weighted by molar-refractivity contribution is 0.0956. The Bertz CT molecular complexity index is 608. The zero-order valence-electron chi connectivity index (χ0n) is 10.3. The van der Waals surface area contributed by atoms with E-state index in [-0.39, 0.29) is 22.0 Å². The van der Waals surface area contributed by atoms with Gasteiger partial charge in [-0.15, -0.1) is 0 Å². The Morgan fingerprint density at radius 3 is 2.47 bits per heavy atom. The minimum atomic E-state index is -0.361. The van der Waals surface area contributed by atoms with Gasteiger partial charge in [0.05, 0.1) is 7.11 Å². The van der Waals surface area contributed by atoms with E-state index in [2.05, 4.69) is 10.3 Å². The van der Waals surface area contributed by atoms with Gasteiger partial charge in [-0.25, -0.2) is 4.98 Å². The van der Waals surface area contributed by atoms with Crippen LogP contribution >= 0.6 is 23.2 Å². The highest BCUT2D eigenvalue weighted by molar-refractivity contribution is 6.35. The molecule has 1 N–H and O–H groups in total. The zero-order chi connectivity index (χ0) is 14.0. The lowest BCUT2D eigenvalue weighted by atomic mass is 10.3. The fourth-order valence-electron chi connectivity index (χ4n) is 1.65. The first-order valence-electron chi connectivity index (χ1n) is 5.38. The Kier molecular flexibility index (Phi) is 3.97. The molecule has 0 atom stereocenters. The number of methoxy groups -OCH3 is 1. The van der Waals surface area contributed by atoms with Crippen molar-refractivity contribution in [3.8, 4) is 11.4 Å². The van der Waals surface area contributed by atoms with Crippen LogP contribution in [0.4, 0.5) is 0 Å². The van der Waals surface area contributed by atoms with Crippen LogP contribution in [-0.4, -0.2) is 29.6 Å². The fraction of sp³-hybridized carbons (Fsp3) is 0.167. The molecule has 0 aliphatic rings. The number of benzene rings is 1. The van der Waals surface area contributed by atoms with Gasteiger partial charge in [-0.1, -0.05) is 11.6 Å². The summed E-state index contributed by atoms with van der Waals surface area (Å²) in [6.07, 6.45) is 0. The topological polar surface area (TPSA) is 56.2 Å². The molecule has 0 saturated heterocycles. The largest absolute Gasteiger partial charge is 0.497 e. The van der Waals surface area contributed by atoms with Crippen molar-refractivity contribution in [3.63, 3.8) is 0 Å². The number of carbonyl (C=O) groups excluding carboxylic acids is 1. The van der Waals surface area contributed by atoms with Gasteiger partial charge in [-0.05, 0) is 35.9 Å². The zero-order valence-corrected chi connectivity index (χ0v) is 11.8. The van der Waals surface area contributed by atoms with Crippen molar-refractivity contribution in [3.05, 3.63) is 40.4 Å². The summed E-state index contributed by atoms with van der Waals surface area (Å²) in [4.78, 5) is 15.7. The maximum atomic E-state index is 11.8. The quantitative estimate of drug-likeness (QED) is 0.947. The third-order valence-corrected chi connectivity index (χ3v) is 3.08. The molecule has 1 aromatic carbocycles. The van der Waals surface area contributed by atoms with Crippen LogP contribution in [0.1, 0.15) is 10.5 Å². The first-order valence-corrected chi connectivity index (χ1v) is 6.14. The summed E-state index contributed by atoms with van der Waals surface area (Å²) in [7, 11) is 3.09. The van der Waals surface area contributed by atoms with E-state index in [9.17, 15) is 4.79 Å². The molecule has 100 valence electrons. The number of halogens is 2. The van der Waals surface area contributed by atoms with Gasteiger partial charge in [0.15, 0.2) is 10.8 Å². The van der Waals surface area contributed by atoms with E-state index in [1.807, 2.05) is 0 Å². The van der Waals surface area contributed by atoms with Gasteiger partial charge >= 0.3 is 0 Å². The van der Waals surface area contributed by atoms with Crippen LogP contribution in [0, 0.1) is 0 Å². The first kappa shape index (κ1) is 13.7. The molecule has 0 aliphatic heterocycles. The molecule has 5 nitrogen and oxygen atoms in total. The highest BCUT2D eigenvalue weighted by atomic mass is 35.5. The second-order valence-electron chi connectivity index (χ2n) is 3.63. The number of imidazole rings is 1. The molecular weight excluding hydrogens is 289 g/mol. The molecule has 19 heavy (non-hydrogen) atoms. The summed E-state index contributed by atoms with van der Waals surface area (Å²) < 4.78 is 6.55. The molecule has 1 heterocycles. The average molecular weight is 300 g/mol. The number of nitrogens with one attached hydrogen (secondary N) is 1. The molecule has 0 unspecified atom stereocenters. The van der Waals surface area contributed by atoms with E-state index in [0.717, 1.165) is 0 Å². The van der Waals surface area contributed by atoms with Crippen molar-refractivity contribution in [2.75, 3.05) is 14.2 Å². The molecule has 0 bridgehead atoms. The minimum absolute atomic E-state index is 0.0557. The summed E-state index contributed by atoms with van der Waals surface area (Å²) in [5.41, 5.74) is 0.864. The summed E-state index contributed by atoms with van der Waals surface area (Å²) in [5.74, 6) is 0.341. The third kappa shape index (κ3) is 2.52. The molecule has 7 heteroatoms. The van der Waals surface area contributed by atoms with Crippen LogP contribution in [0.5, 0.6) is 5.75 Å². The van der Waals surface area contributed by atoms with Crippen LogP contribution in [0.15, 0.2) is 24.3 Å². The summed E-state index contributed by atoms with van der Waals surface area (Å²) in [5, 5.41) is 2.68. The van der Waals surface area contributed by atoms with E-state index in [4.69, 9.17) is 27.9 Å². The fourth-order valence-corrected chi connectivity index (χ4v) is 2.21. The molecule has 0 aliphatic carbocycles. The van der Waals surface area contributed by atoms with Crippen molar-refractivity contribution in [2.45, 2.75) is 0 Å². The van der Waals surface area contributed by atoms with Crippen LogP contribution in [0.2, 0.25) is 10.4 Å². The normalized spacial score (nSPS) is 10.3. The molecule has 0 fully saturated rings. The van der Waals surface area contributed by atoms with E-state index in [1.54, 1.807) is 31.4 Å². The second kappa shape index (κ2) is 5.50. The van der Waals surface area contributed by atoms with Crippen LogP contribution in [-0.2, 0) is 0 Å². The molecule has 0 radical (unpaired) electrons. The van der Waals surface area contributed by atoms with E-state index >= 15 is 0 Å². The van der Waals surface area contributed by atoms with E-state index in [0.29, 0.717) is 11.4 Å². The molecule has 1 amide bonds.